The van der Waals surface area contributed by atoms with Crippen LogP contribution in [0.15, 0.2) is 55.4 Å². The van der Waals surface area contributed by atoms with E-state index in [2.05, 4.69) is 35.3 Å². The van der Waals surface area contributed by atoms with Gasteiger partial charge in [-0.25, -0.2) is 29.4 Å². The molecule has 4 aromatic heterocycles. The first-order chi connectivity index (χ1) is 17.7. The molecule has 0 unspecified atom stereocenters. The average Bonchev–Trinajstić information content (AvgIpc) is 3.56. The van der Waals surface area contributed by atoms with Crippen LogP contribution in [0.25, 0.3) is 16.7 Å². The monoisotopic (exact) mass is 481 g/mol. The average molecular weight is 482 g/mol. The number of aromatic nitrogens is 7. The first-order valence-electron chi connectivity index (χ1n) is 11.9. The molecule has 6 heterocycles. The van der Waals surface area contributed by atoms with Gasteiger partial charge in [0.1, 0.15) is 35.2 Å². The molecule has 1 atom stereocenters. The van der Waals surface area contributed by atoms with Crippen LogP contribution in [0.3, 0.4) is 0 Å². The molecule has 180 valence electrons. The van der Waals surface area contributed by atoms with E-state index in [4.69, 9.17) is 14.5 Å². The third-order valence-corrected chi connectivity index (χ3v) is 6.98. The Morgan fingerprint density at radius 1 is 1.06 bits per heavy atom. The number of nitrogens with one attached hydrogen (secondary N) is 1. The Labute approximate surface area is 206 Å². The number of ether oxygens (including phenoxy) is 2. The van der Waals surface area contributed by atoms with Crippen LogP contribution < -0.4 is 15.0 Å². The van der Waals surface area contributed by atoms with E-state index in [9.17, 15) is 0 Å². The molecule has 11 nitrogen and oxygen atoms in total. The summed E-state index contributed by atoms with van der Waals surface area (Å²) in [7, 11) is 0. The van der Waals surface area contributed by atoms with Crippen molar-refractivity contribution in [2.45, 2.75) is 25.3 Å². The fourth-order valence-electron chi connectivity index (χ4n) is 4.89. The van der Waals surface area contributed by atoms with E-state index < -0.39 is 0 Å². The third-order valence-electron chi connectivity index (χ3n) is 6.98. The maximum Gasteiger partial charge on any atom is 0.226 e. The lowest BCUT2D eigenvalue weighted by atomic mass is 9.84. The Hall–Kier alpha value is -4.38. The van der Waals surface area contributed by atoms with Gasteiger partial charge in [0.2, 0.25) is 5.95 Å². The molecule has 11 heteroatoms. The van der Waals surface area contributed by atoms with Gasteiger partial charge >= 0.3 is 0 Å². The number of pyridine rings is 1. The summed E-state index contributed by atoms with van der Waals surface area (Å²) in [4.78, 5) is 24.8. The van der Waals surface area contributed by atoms with Crippen molar-refractivity contribution in [1.82, 2.24) is 34.5 Å². The van der Waals surface area contributed by atoms with E-state index in [1.54, 1.807) is 10.7 Å². The van der Waals surface area contributed by atoms with Gasteiger partial charge in [-0.2, -0.15) is 5.10 Å². The van der Waals surface area contributed by atoms with Gasteiger partial charge in [-0.1, -0.05) is 0 Å². The lowest BCUT2D eigenvalue weighted by molar-refractivity contribution is 0.155. The van der Waals surface area contributed by atoms with Gasteiger partial charge in [0.25, 0.3) is 0 Å². The summed E-state index contributed by atoms with van der Waals surface area (Å²) in [5.74, 6) is 2.78. The third kappa shape index (κ3) is 3.47. The van der Waals surface area contributed by atoms with Crippen molar-refractivity contribution in [3.63, 3.8) is 0 Å². The van der Waals surface area contributed by atoms with Crippen molar-refractivity contribution in [1.29, 1.82) is 0 Å². The van der Waals surface area contributed by atoms with Crippen LogP contribution in [-0.2, 0) is 4.74 Å². The standard InChI is InChI=1S/C25H23N9O2/c1-16-10-17(2-3-20(16)36-18-4-7-34-21(11-18)28-15-30-34)31-23-22-19(27-14-29-23)12-26-24(32-22)33-8-5-25(33)6-9-35-13-25/h2-4,7,10-12,14-15H,5-6,8-9,13H2,1H3,(H,27,29,31)/t25-/m1/s1. The molecular weight excluding hydrogens is 458 g/mol. The number of aryl methyl sites for hydroxylation is 1. The number of rotatable bonds is 5. The lowest BCUT2D eigenvalue weighted by Crippen LogP contribution is -2.61. The number of hydrogen-bond acceptors (Lipinski definition) is 10. The van der Waals surface area contributed by atoms with Crippen LogP contribution >= 0.6 is 0 Å². The van der Waals surface area contributed by atoms with Crippen molar-refractivity contribution in [2.24, 2.45) is 0 Å². The molecule has 0 aliphatic carbocycles. The molecule has 1 aromatic carbocycles. The molecular formula is C25H23N9O2. The first-order valence-corrected chi connectivity index (χ1v) is 11.9. The molecule has 0 amide bonds. The molecule has 0 saturated carbocycles. The van der Waals surface area contributed by atoms with Crippen LogP contribution in [-0.4, -0.2) is 59.8 Å². The fraction of sp³-hybridized carbons (Fsp3) is 0.280. The maximum absolute atomic E-state index is 6.10. The van der Waals surface area contributed by atoms with E-state index in [0.717, 1.165) is 55.2 Å². The van der Waals surface area contributed by atoms with Gasteiger partial charge in [-0.15, -0.1) is 0 Å². The van der Waals surface area contributed by atoms with Crippen molar-refractivity contribution < 1.29 is 9.47 Å². The Kier molecular flexibility index (Phi) is 4.71. The second-order valence-corrected chi connectivity index (χ2v) is 9.19. The highest BCUT2D eigenvalue weighted by molar-refractivity contribution is 5.87. The van der Waals surface area contributed by atoms with E-state index in [0.29, 0.717) is 28.5 Å². The number of anilines is 3. The molecule has 7 rings (SSSR count). The molecule has 2 saturated heterocycles. The Bertz CT molecular complexity index is 1600. The molecule has 36 heavy (non-hydrogen) atoms. The number of fused-ring (bicyclic) bond motifs is 2. The topological polar surface area (TPSA) is 115 Å². The van der Waals surface area contributed by atoms with E-state index in [-0.39, 0.29) is 5.54 Å². The SMILES string of the molecule is Cc1cc(Nc2ncnc3cnc(N4CC[C@]45CCOC5)nc23)ccc1Oc1ccn2ncnc2c1. The molecule has 2 fully saturated rings. The van der Waals surface area contributed by atoms with Gasteiger partial charge in [0, 0.05) is 31.1 Å². The molecule has 2 aliphatic rings. The molecule has 0 radical (unpaired) electrons. The molecule has 1 spiro atoms. The minimum atomic E-state index is 0.0302. The minimum Gasteiger partial charge on any atom is -0.457 e. The summed E-state index contributed by atoms with van der Waals surface area (Å²) in [6.45, 7) is 4.44. The summed E-state index contributed by atoms with van der Waals surface area (Å²) < 4.78 is 13.5. The van der Waals surface area contributed by atoms with Crippen molar-refractivity contribution in [3.8, 4) is 11.5 Å². The Morgan fingerprint density at radius 2 is 2.03 bits per heavy atom. The first kappa shape index (κ1) is 20.9. The van der Waals surface area contributed by atoms with E-state index >= 15 is 0 Å². The Balaban J connectivity index is 1.15. The van der Waals surface area contributed by atoms with Crippen LogP contribution in [0.1, 0.15) is 18.4 Å². The predicted octanol–water partition coefficient (Wildman–Crippen LogP) is 3.68. The maximum atomic E-state index is 6.10. The lowest BCUT2D eigenvalue weighted by Gasteiger charge is -2.49. The van der Waals surface area contributed by atoms with Crippen LogP contribution in [0.5, 0.6) is 11.5 Å². The highest BCUT2D eigenvalue weighted by Gasteiger charge is 2.48. The second kappa shape index (κ2) is 8.09. The highest BCUT2D eigenvalue weighted by atomic mass is 16.5. The van der Waals surface area contributed by atoms with Gasteiger partial charge in [-0.3, -0.25) is 0 Å². The molecule has 1 N–H and O–H groups in total. The zero-order chi connectivity index (χ0) is 24.1. The predicted molar refractivity (Wildman–Crippen MR) is 133 cm³/mol. The summed E-state index contributed by atoms with van der Waals surface area (Å²) in [5.41, 5.74) is 3.97. The van der Waals surface area contributed by atoms with Crippen molar-refractivity contribution >= 4 is 34.1 Å². The van der Waals surface area contributed by atoms with Crippen LogP contribution in [0.4, 0.5) is 17.5 Å². The summed E-state index contributed by atoms with van der Waals surface area (Å²) >= 11 is 0. The fourth-order valence-corrected chi connectivity index (χ4v) is 4.89. The van der Waals surface area contributed by atoms with Crippen LogP contribution in [0.2, 0.25) is 0 Å². The molecule has 5 aromatic rings. The normalized spacial score (nSPS) is 19.2. The van der Waals surface area contributed by atoms with Crippen LogP contribution in [0, 0.1) is 6.92 Å². The zero-order valence-corrected chi connectivity index (χ0v) is 19.6. The highest BCUT2D eigenvalue weighted by Crippen LogP contribution is 2.40. The summed E-state index contributed by atoms with van der Waals surface area (Å²) in [5, 5.41) is 7.51. The number of hydrogen-bond donors (Lipinski definition) is 1. The Morgan fingerprint density at radius 3 is 2.86 bits per heavy atom. The zero-order valence-electron chi connectivity index (χ0n) is 19.6. The summed E-state index contributed by atoms with van der Waals surface area (Å²) in [6, 6.07) is 9.61. The molecule has 0 bridgehead atoms. The van der Waals surface area contributed by atoms with E-state index in [1.807, 2.05) is 43.5 Å². The summed E-state index contributed by atoms with van der Waals surface area (Å²) in [6.07, 6.45) is 8.73. The largest absolute Gasteiger partial charge is 0.457 e. The quantitative estimate of drug-likeness (QED) is 0.398. The van der Waals surface area contributed by atoms with Crippen molar-refractivity contribution in [3.05, 3.63) is 60.9 Å². The smallest absolute Gasteiger partial charge is 0.226 e. The number of nitrogens with zero attached hydrogens (tertiary/aromatic N) is 8. The van der Waals surface area contributed by atoms with Gasteiger partial charge < -0.3 is 19.7 Å². The van der Waals surface area contributed by atoms with Gasteiger partial charge in [-0.05, 0) is 49.6 Å². The minimum absolute atomic E-state index is 0.0302. The van der Waals surface area contributed by atoms with Gasteiger partial charge in [0.15, 0.2) is 11.5 Å². The second-order valence-electron chi connectivity index (χ2n) is 9.19. The van der Waals surface area contributed by atoms with Gasteiger partial charge in [0.05, 0.1) is 18.3 Å². The van der Waals surface area contributed by atoms with Crippen molar-refractivity contribution in [2.75, 3.05) is 30.0 Å². The van der Waals surface area contributed by atoms with E-state index in [1.165, 1.54) is 12.7 Å². The molecule has 2 aliphatic heterocycles. The number of benzene rings is 1.